The van der Waals surface area contributed by atoms with Crippen molar-refractivity contribution in [3.05, 3.63) is 22.4 Å². The zero-order valence-electron chi connectivity index (χ0n) is 11.5. The van der Waals surface area contributed by atoms with Gasteiger partial charge in [0.1, 0.15) is 0 Å². The third-order valence-corrected chi connectivity index (χ3v) is 5.89. The van der Waals surface area contributed by atoms with Crippen molar-refractivity contribution in [2.24, 2.45) is 11.8 Å². The highest BCUT2D eigenvalue weighted by molar-refractivity contribution is 7.87. The van der Waals surface area contributed by atoms with Crippen LogP contribution in [0.4, 0.5) is 0 Å². The molecule has 1 aromatic heterocycles. The highest BCUT2D eigenvalue weighted by Gasteiger charge is 2.29. The van der Waals surface area contributed by atoms with Crippen LogP contribution >= 0.6 is 11.3 Å². The standard InChI is InChI=1S/C13H22N2O2S2/c1-11-8-12(2)10-15(9-11)19(16,17)14-6-5-13-4-3-7-18-13/h3-4,7,11-12,14H,5-6,8-10H2,1-2H3. The first kappa shape index (κ1) is 15.0. The van der Waals surface area contributed by atoms with Crippen LogP contribution in [-0.4, -0.2) is 32.4 Å². The lowest BCUT2D eigenvalue weighted by atomic mass is 9.94. The molecule has 19 heavy (non-hydrogen) atoms. The van der Waals surface area contributed by atoms with E-state index in [0.717, 1.165) is 12.8 Å². The SMILES string of the molecule is CC1CC(C)CN(S(=O)(=O)NCCc2cccs2)C1. The number of hydrogen-bond acceptors (Lipinski definition) is 3. The molecule has 2 unspecified atom stereocenters. The third kappa shape index (κ3) is 4.27. The molecule has 0 aromatic carbocycles. The van der Waals surface area contributed by atoms with Crippen LogP contribution in [-0.2, 0) is 16.6 Å². The van der Waals surface area contributed by atoms with Crippen molar-refractivity contribution in [1.82, 2.24) is 9.03 Å². The second kappa shape index (κ2) is 6.35. The molecule has 2 heterocycles. The van der Waals surface area contributed by atoms with Gasteiger partial charge in [-0.05, 0) is 36.1 Å². The largest absolute Gasteiger partial charge is 0.279 e. The zero-order chi connectivity index (χ0) is 13.9. The molecule has 0 bridgehead atoms. The van der Waals surface area contributed by atoms with Gasteiger partial charge in [-0.25, -0.2) is 4.72 Å². The molecule has 2 rings (SSSR count). The fourth-order valence-electron chi connectivity index (χ4n) is 2.65. The van der Waals surface area contributed by atoms with Crippen molar-refractivity contribution in [3.8, 4) is 0 Å². The van der Waals surface area contributed by atoms with Crippen molar-refractivity contribution in [3.63, 3.8) is 0 Å². The molecule has 6 heteroatoms. The van der Waals surface area contributed by atoms with Gasteiger partial charge in [0.2, 0.25) is 0 Å². The Morgan fingerprint density at radius 3 is 2.63 bits per heavy atom. The summed E-state index contributed by atoms with van der Waals surface area (Å²) in [6.45, 7) is 5.98. The van der Waals surface area contributed by atoms with Gasteiger partial charge in [0, 0.05) is 24.5 Å². The molecule has 1 N–H and O–H groups in total. The van der Waals surface area contributed by atoms with Gasteiger partial charge in [-0.3, -0.25) is 0 Å². The summed E-state index contributed by atoms with van der Waals surface area (Å²) in [7, 11) is -3.31. The van der Waals surface area contributed by atoms with Crippen LogP contribution in [0.1, 0.15) is 25.1 Å². The summed E-state index contributed by atoms with van der Waals surface area (Å²) in [5.74, 6) is 0.884. The summed E-state index contributed by atoms with van der Waals surface area (Å²) in [4.78, 5) is 1.21. The highest BCUT2D eigenvalue weighted by atomic mass is 32.2. The van der Waals surface area contributed by atoms with E-state index < -0.39 is 10.2 Å². The predicted octanol–water partition coefficient (Wildman–Crippen LogP) is 2.10. The molecule has 0 amide bonds. The molecule has 4 nitrogen and oxygen atoms in total. The first-order valence-corrected chi connectivity index (χ1v) is 9.06. The minimum Gasteiger partial charge on any atom is -0.202 e. The monoisotopic (exact) mass is 302 g/mol. The summed E-state index contributed by atoms with van der Waals surface area (Å²) in [5, 5.41) is 2.01. The Hall–Kier alpha value is -0.430. The number of hydrogen-bond donors (Lipinski definition) is 1. The molecule has 0 saturated carbocycles. The van der Waals surface area contributed by atoms with Gasteiger partial charge in [0.15, 0.2) is 0 Å². The van der Waals surface area contributed by atoms with Crippen molar-refractivity contribution < 1.29 is 8.42 Å². The summed E-state index contributed by atoms with van der Waals surface area (Å²) in [6, 6.07) is 4.02. The second-order valence-electron chi connectivity index (χ2n) is 5.49. The molecule has 1 saturated heterocycles. The molecular weight excluding hydrogens is 280 g/mol. The van der Waals surface area contributed by atoms with Gasteiger partial charge in [-0.2, -0.15) is 12.7 Å². The summed E-state index contributed by atoms with van der Waals surface area (Å²) in [6.07, 6.45) is 1.87. The van der Waals surface area contributed by atoms with E-state index in [1.807, 2.05) is 17.5 Å². The maximum atomic E-state index is 12.2. The maximum Gasteiger partial charge on any atom is 0.279 e. The Kier molecular flexibility index (Phi) is 5.00. The summed E-state index contributed by atoms with van der Waals surface area (Å²) in [5.41, 5.74) is 0. The molecular formula is C13H22N2O2S2. The Morgan fingerprint density at radius 2 is 2.05 bits per heavy atom. The molecule has 0 radical (unpaired) electrons. The first-order chi connectivity index (χ1) is 8.97. The minimum atomic E-state index is -3.31. The van der Waals surface area contributed by atoms with Gasteiger partial charge < -0.3 is 0 Å². The van der Waals surface area contributed by atoms with Crippen LogP contribution in [0, 0.1) is 11.8 Å². The topological polar surface area (TPSA) is 49.4 Å². The van der Waals surface area contributed by atoms with E-state index in [4.69, 9.17) is 0 Å². The molecule has 2 atom stereocenters. The van der Waals surface area contributed by atoms with E-state index >= 15 is 0 Å². The van der Waals surface area contributed by atoms with E-state index in [9.17, 15) is 8.42 Å². The van der Waals surface area contributed by atoms with Gasteiger partial charge in [0.25, 0.3) is 10.2 Å². The lowest BCUT2D eigenvalue weighted by molar-refractivity contribution is 0.220. The van der Waals surface area contributed by atoms with E-state index in [0.29, 0.717) is 31.5 Å². The van der Waals surface area contributed by atoms with Gasteiger partial charge in [-0.15, -0.1) is 11.3 Å². The van der Waals surface area contributed by atoms with Gasteiger partial charge in [0.05, 0.1) is 0 Å². The Morgan fingerprint density at radius 1 is 1.37 bits per heavy atom. The smallest absolute Gasteiger partial charge is 0.202 e. The first-order valence-electron chi connectivity index (χ1n) is 6.74. The fraction of sp³-hybridized carbons (Fsp3) is 0.692. The van der Waals surface area contributed by atoms with Crippen molar-refractivity contribution >= 4 is 21.5 Å². The molecule has 1 fully saturated rings. The second-order valence-corrected chi connectivity index (χ2v) is 8.28. The van der Waals surface area contributed by atoms with E-state index in [1.54, 1.807) is 15.6 Å². The van der Waals surface area contributed by atoms with Crippen LogP contribution in [0.2, 0.25) is 0 Å². The average molecular weight is 302 g/mol. The normalized spacial score (nSPS) is 25.6. The van der Waals surface area contributed by atoms with E-state index in [-0.39, 0.29) is 0 Å². The molecule has 0 spiro atoms. The lowest BCUT2D eigenvalue weighted by Gasteiger charge is -2.33. The van der Waals surface area contributed by atoms with E-state index in [1.165, 1.54) is 4.88 Å². The molecule has 108 valence electrons. The summed E-state index contributed by atoms with van der Waals surface area (Å²) < 4.78 is 28.8. The van der Waals surface area contributed by atoms with Crippen LogP contribution in [0.15, 0.2) is 17.5 Å². The quantitative estimate of drug-likeness (QED) is 0.905. The lowest BCUT2D eigenvalue weighted by Crippen LogP contribution is -2.48. The van der Waals surface area contributed by atoms with Crippen LogP contribution in [0.5, 0.6) is 0 Å². The van der Waals surface area contributed by atoms with Crippen LogP contribution in [0.3, 0.4) is 0 Å². The number of piperidine rings is 1. The number of thiophene rings is 1. The minimum absolute atomic E-state index is 0.442. The Bertz CT molecular complexity index is 475. The molecule has 1 aliphatic heterocycles. The fourth-order valence-corrected chi connectivity index (χ4v) is 4.80. The number of nitrogens with zero attached hydrogens (tertiary/aromatic N) is 1. The van der Waals surface area contributed by atoms with Crippen molar-refractivity contribution in [2.75, 3.05) is 19.6 Å². The summed E-state index contributed by atoms with van der Waals surface area (Å²) >= 11 is 1.66. The highest BCUT2D eigenvalue weighted by Crippen LogP contribution is 2.22. The Labute approximate surface area is 120 Å². The average Bonchev–Trinajstić information content (AvgIpc) is 2.80. The maximum absolute atomic E-state index is 12.2. The van der Waals surface area contributed by atoms with Crippen LogP contribution < -0.4 is 4.72 Å². The van der Waals surface area contributed by atoms with E-state index in [2.05, 4.69) is 18.6 Å². The van der Waals surface area contributed by atoms with Crippen molar-refractivity contribution in [2.45, 2.75) is 26.7 Å². The molecule has 1 aliphatic rings. The van der Waals surface area contributed by atoms with Crippen LogP contribution in [0.25, 0.3) is 0 Å². The predicted molar refractivity (Wildman–Crippen MR) is 79.5 cm³/mol. The molecule has 0 aliphatic carbocycles. The molecule has 1 aromatic rings. The number of nitrogens with one attached hydrogen (secondary N) is 1. The van der Waals surface area contributed by atoms with Gasteiger partial charge >= 0.3 is 0 Å². The number of rotatable bonds is 5. The van der Waals surface area contributed by atoms with Crippen molar-refractivity contribution in [1.29, 1.82) is 0 Å². The third-order valence-electron chi connectivity index (χ3n) is 3.41. The van der Waals surface area contributed by atoms with Gasteiger partial charge in [-0.1, -0.05) is 19.9 Å². The zero-order valence-corrected chi connectivity index (χ0v) is 13.1. The Balaban J connectivity index is 1.87.